The van der Waals surface area contributed by atoms with Crippen LogP contribution in [0.25, 0.3) is 0 Å². The summed E-state index contributed by atoms with van der Waals surface area (Å²) in [5, 5.41) is 0.121. The number of halogens is 3. The maximum absolute atomic E-state index is 14.7. The van der Waals surface area contributed by atoms with Crippen molar-refractivity contribution in [3.05, 3.63) is 105 Å². The van der Waals surface area contributed by atoms with E-state index < -0.39 is 5.82 Å². The number of aryl methyl sites for hydroxylation is 5. The Morgan fingerprint density at radius 2 is 1.14 bits per heavy atom. The van der Waals surface area contributed by atoms with E-state index in [2.05, 4.69) is 37.3 Å². The Labute approximate surface area is 214 Å². The minimum Gasteiger partial charge on any atom is -0.207 e. The van der Waals surface area contributed by atoms with Gasteiger partial charge in [-0.05, 0) is 103 Å². The zero-order chi connectivity index (χ0) is 24.6. The van der Waals surface area contributed by atoms with Gasteiger partial charge in [0.15, 0.2) is 0 Å². The van der Waals surface area contributed by atoms with Crippen LogP contribution in [0, 0.1) is 23.5 Å². The molecule has 1 fully saturated rings. The molecule has 0 bridgehead atoms. The van der Waals surface area contributed by atoms with E-state index in [1.165, 1.54) is 55.7 Å². The Kier molecular flexibility index (Phi) is 9.38. The molecule has 0 unspecified atom stereocenters. The average Bonchev–Trinajstić information content (AvgIpc) is 2.88. The first-order chi connectivity index (χ1) is 17.0. The van der Waals surface area contributed by atoms with Gasteiger partial charge >= 0.3 is 0 Å². The van der Waals surface area contributed by atoms with Crippen molar-refractivity contribution in [2.24, 2.45) is 11.8 Å². The molecular formula is C32H37ClF2. The van der Waals surface area contributed by atoms with E-state index in [1.54, 1.807) is 18.2 Å². The second-order valence-electron chi connectivity index (χ2n) is 10.3. The van der Waals surface area contributed by atoms with Crippen molar-refractivity contribution >= 4 is 11.6 Å². The maximum Gasteiger partial charge on any atom is 0.142 e. The minimum atomic E-state index is -0.421. The highest BCUT2D eigenvalue weighted by molar-refractivity contribution is 6.30. The van der Waals surface area contributed by atoms with E-state index in [1.807, 2.05) is 6.07 Å². The Morgan fingerprint density at radius 1 is 0.629 bits per heavy atom. The monoisotopic (exact) mass is 494 g/mol. The quantitative estimate of drug-likeness (QED) is 0.263. The first-order valence-electron chi connectivity index (χ1n) is 13.3. The first-order valence-corrected chi connectivity index (χ1v) is 13.7. The maximum atomic E-state index is 14.7. The lowest BCUT2D eigenvalue weighted by Gasteiger charge is -2.28. The van der Waals surface area contributed by atoms with Gasteiger partial charge in [-0.1, -0.05) is 86.7 Å². The van der Waals surface area contributed by atoms with Crippen molar-refractivity contribution in [3.8, 4) is 0 Å². The first kappa shape index (κ1) is 25.9. The molecule has 0 spiro atoms. The summed E-state index contributed by atoms with van der Waals surface area (Å²) >= 11 is 5.74. The highest BCUT2D eigenvalue weighted by atomic mass is 35.5. The fraction of sp³-hybridized carbons (Fsp3) is 0.438. The van der Waals surface area contributed by atoms with Gasteiger partial charge in [-0.2, -0.15) is 0 Å². The molecule has 0 atom stereocenters. The summed E-state index contributed by atoms with van der Waals surface area (Å²) in [6, 6.07) is 19.6. The van der Waals surface area contributed by atoms with E-state index >= 15 is 0 Å². The fourth-order valence-corrected chi connectivity index (χ4v) is 5.53. The van der Waals surface area contributed by atoms with Gasteiger partial charge < -0.3 is 0 Å². The van der Waals surface area contributed by atoms with E-state index in [4.69, 9.17) is 11.6 Å². The Hall–Kier alpha value is -2.19. The molecule has 3 aromatic carbocycles. The Balaban J connectivity index is 1.17. The molecule has 186 valence electrons. The van der Waals surface area contributed by atoms with Crippen molar-refractivity contribution in [3.63, 3.8) is 0 Å². The molecule has 0 aliphatic heterocycles. The smallest absolute Gasteiger partial charge is 0.142 e. The van der Waals surface area contributed by atoms with Crippen LogP contribution in [0.3, 0.4) is 0 Å². The molecule has 1 aliphatic rings. The second-order valence-corrected chi connectivity index (χ2v) is 10.7. The van der Waals surface area contributed by atoms with Gasteiger partial charge in [-0.25, -0.2) is 8.78 Å². The number of hydrogen-bond donors (Lipinski definition) is 0. The van der Waals surface area contributed by atoms with Gasteiger partial charge in [0.1, 0.15) is 11.6 Å². The minimum absolute atomic E-state index is 0.121. The highest BCUT2D eigenvalue weighted by Crippen LogP contribution is 2.34. The predicted octanol–water partition coefficient (Wildman–Crippen LogP) is 9.34. The summed E-state index contributed by atoms with van der Waals surface area (Å²) in [5.41, 5.74) is 5.49. The molecule has 1 aliphatic carbocycles. The van der Waals surface area contributed by atoms with Gasteiger partial charge in [0.2, 0.25) is 0 Å². The zero-order valence-electron chi connectivity index (χ0n) is 20.8. The van der Waals surface area contributed by atoms with Crippen molar-refractivity contribution in [2.45, 2.75) is 77.6 Å². The van der Waals surface area contributed by atoms with Crippen molar-refractivity contribution in [2.75, 3.05) is 0 Å². The SMILES string of the molecule is CCc1ccc(CC[C@H]2CC[C@H](CCc3ccc(CCc4ccc(Cl)c(F)c4)c(F)c3)CC2)cc1. The molecule has 1 saturated carbocycles. The zero-order valence-corrected chi connectivity index (χ0v) is 21.6. The molecule has 35 heavy (non-hydrogen) atoms. The van der Waals surface area contributed by atoms with Crippen LogP contribution in [-0.4, -0.2) is 0 Å². The average molecular weight is 495 g/mol. The second kappa shape index (κ2) is 12.7. The molecule has 4 rings (SSSR count). The third-order valence-electron chi connectivity index (χ3n) is 7.86. The number of benzene rings is 3. The van der Waals surface area contributed by atoms with Crippen molar-refractivity contribution < 1.29 is 8.78 Å². The van der Waals surface area contributed by atoms with Gasteiger partial charge in [0.05, 0.1) is 5.02 Å². The van der Waals surface area contributed by atoms with Crippen molar-refractivity contribution in [1.82, 2.24) is 0 Å². The molecule has 0 radical (unpaired) electrons. The topological polar surface area (TPSA) is 0 Å². The molecule has 0 aromatic heterocycles. The summed E-state index contributed by atoms with van der Waals surface area (Å²) in [5.74, 6) is 1.05. The summed E-state index contributed by atoms with van der Waals surface area (Å²) < 4.78 is 28.3. The van der Waals surface area contributed by atoms with Crippen LogP contribution in [0.4, 0.5) is 8.78 Å². The predicted molar refractivity (Wildman–Crippen MR) is 143 cm³/mol. The van der Waals surface area contributed by atoms with Crippen LogP contribution >= 0.6 is 11.6 Å². The lowest BCUT2D eigenvalue weighted by atomic mass is 9.77. The largest absolute Gasteiger partial charge is 0.207 e. The standard InChI is InChI=1S/C32H37ClF2/c1-2-23-3-5-24(6-4-23)7-8-25-9-11-26(12-10-25)13-14-27-15-18-29(31(34)21-27)19-16-28-17-20-30(33)32(35)22-28/h3-6,15,17-18,20-22,25-26H,2,7-14,16,19H2,1H3/t25-,26-. The molecule has 0 nitrogen and oxygen atoms in total. The molecule has 0 N–H and O–H groups in total. The lowest BCUT2D eigenvalue weighted by molar-refractivity contribution is 0.253. The van der Waals surface area contributed by atoms with Gasteiger partial charge in [0.25, 0.3) is 0 Å². The van der Waals surface area contributed by atoms with E-state index in [0.29, 0.717) is 18.4 Å². The third kappa shape index (κ3) is 7.64. The van der Waals surface area contributed by atoms with E-state index in [9.17, 15) is 8.78 Å². The summed E-state index contributed by atoms with van der Waals surface area (Å²) in [7, 11) is 0. The normalized spacial score (nSPS) is 18.1. The molecule has 0 heterocycles. The van der Waals surface area contributed by atoms with E-state index in [-0.39, 0.29) is 10.8 Å². The molecule has 0 saturated heterocycles. The summed E-state index contributed by atoms with van der Waals surface area (Å²) in [6.07, 6.45) is 12.1. The van der Waals surface area contributed by atoms with Crippen LogP contribution in [0.15, 0.2) is 60.7 Å². The van der Waals surface area contributed by atoms with Crippen LogP contribution < -0.4 is 0 Å². The van der Waals surface area contributed by atoms with Crippen LogP contribution in [0.5, 0.6) is 0 Å². The summed E-state index contributed by atoms with van der Waals surface area (Å²) in [4.78, 5) is 0. The van der Waals surface area contributed by atoms with Gasteiger partial charge in [-0.3, -0.25) is 0 Å². The Morgan fingerprint density at radius 3 is 1.74 bits per heavy atom. The molecular weight excluding hydrogens is 458 g/mol. The molecule has 3 aromatic rings. The van der Waals surface area contributed by atoms with Crippen LogP contribution in [-0.2, 0) is 32.1 Å². The highest BCUT2D eigenvalue weighted by Gasteiger charge is 2.21. The van der Waals surface area contributed by atoms with Gasteiger partial charge in [-0.15, -0.1) is 0 Å². The molecule has 3 heteroatoms. The third-order valence-corrected chi connectivity index (χ3v) is 8.17. The lowest BCUT2D eigenvalue weighted by Crippen LogP contribution is -2.16. The van der Waals surface area contributed by atoms with Crippen LogP contribution in [0.1, 0.15) is 73.3 Å². The number of rotatable bonds is 10. The Bertz CT molecular complexity index is 1080. The summed E-state index contributed by atoms with van der Waals surface area (Å²) in [6.45, 7) is 2.20. The van der Waals surface area contributed by atoms with Crippen LogP contribution in [0.2, 0.25) is 5.02 Å². The number of hydrogen-bond acceptors (Lipinski definition) is 0. The molecule has 0 amide bonds. The van der Waals surface area contributed by atoms with Crippen molar-refractivity contribution in [1.29, 1.82) is 0 Å². The van der Waals surface area contributed by atoms with E-state index in [0.717, 1.165) is 42.2 Å². The van der Waals surface area contributed by atoms with Gasteiger partial charge in [0, 0.05) is 0 Å². The fourth-order valence-electron chi connectivity index (χ4n) is 5.42.